The van der Waals surface area contributed by atoms with Gasteiger partial charge in [0.05, 0.1) is 12.7 Å². The number of hydrogen-bond donors (Lipinski definition) is 1. The Morgan fingerprint density at radius 3 is 2.82 bits per heavy atom. The molecule has 2 aliphatic heterocycles. The van der Waals surface area contributed by atoms with E-state index in [0.29, 0.717) is 24.6 Å². The van der Waals surface area contributed by atoms with Crippen molar-refractivity contribution in [3.8, 4) is 0 Å². The van der Waals surface area contributed by atoms with Gasteiger partial charge in [0.2, 0.25) is 5.91 Å². The number of methoxy groups -OCH3 is 1. The Hall–Kier alpha value is -1.70. The fourth-order valence-corrected chi connectivity index (χ4v) is 4.75. The zero-order chi connectivity index (χ0) is 19.3. The highest BCUT2D eigenvalue weighted by Gasteiger charge is 2.36. The van der Waals surface area contributed by atoms with Crippen LogP contribution in [0.1, 0.15) is 25.7 Å². The maximum absolute atomic E-state index is 13.0. The van der Waals surface area contributed by atoms with Crippen molar-refractivity contribution in [1.29, 1.82) is 0 Å². The zero-order valence-corrected chi connectivity index (χ0v) is 16.8. The average molecular weight is 389 g/mol. The van der Waals surface area contributed by atoms with Gasteiger partial charge in [-0.05, 0) is 37.8 Å². The minimum Gasteiger partial charge on any atom is -0.379 e. The van der Waals surface area contributed by atoms with Crippen molar-refractivity contribution in [2.24, 2.45) is 5.92 Å². The molecule has 154 valence electrons. The van der Waals surface area contributed by atoms with Gasteiger partial charge in [-0.2, -0.15) is 0 Å². The van der Waals surface area contributed by atoms with Gasteiger partial charge in [0.1, 0.15) is 5.82 Å². The topological polar surface area (TPSA) is 66.9 Å². The van der Waals surface area contributed by atoms with E-state index in [1.165, 1.54) is 0 Å². The highest BCUT2D eigenvalue weighted by molar-refractivity contribution is 5.79. The number of anilines is 1. The van der Waals surface area contributed by atoms with E-state index in [-0.39, 0.29) is 12.0 Å². The third-order valence-electron chi connectivity index (χ3n) is 6.40. The van der Waals surface area contributed by atoms with Gasteiger partial charge in [0, 0.05) is 64.1 Å². The molecular formula is C21H32N4O3. The lowest BCUT2D eigenvalue weighted by Gasteiger charge is -2.36. The molecule has 28 heavy (non-hydrogen) atoms. The van der Waals surface area contributed by atoms with Crippen LogP contribution < -0.4 is 10.2 Å². The molecule has 4 unspecified atom stereocenters. The highest BCUT2D eigenvalue weighted by Crippen LogP contribution is 2.29. The number of piperazine rings is 1. The molecule has 4 atom stereocenters. The number of pyridine rings is 1. The molecule has 1 N–H and O–H groups in total. The molecule has 1 aliphatic carbocycles. The number of amides is 1. The van der Waals surface area contributed by atoms with Crippen molar-refractivity contribution in [2.75, 3.05) is 51.4 Å². The Morgan fingerprint density at radius 2 is 2.07 bits per heavy atom. The maximum atomic E-state index is 13.0. The SMILES string of the molecule is COC1COCCC1NC1CCC(C(=O)N2CCN(c3ccccn3)CC2)C1. The lowest BCUT2D eigenvalue weighted by atomic mass is 10.0. The molecule has 1 aromatic heterocycles. The first kappa shape index (κ1) is 19.6. The molecule has 7 nitrogen and oxygen atoms in total. The fraction of sp³-hybridized carbons (Fsp3) is 0.714. The van der Waals surface area contributed by atoms with Gasteiger partial charge in [-0.1, -0.05) is 6.07 Å². The van der Waals surface area contributed by atoms with E-state index in [1.54, 1.807) is 7.11 Å². The Kier molecular flexibility index (Phi) is 6.44. The Morgan fingerprint density at radius 1 is 1.21 bits per heavy atom. The number of carbonyl (C=O) groups excluding carboxylic acids is 1. The second kappa shape index (κ2) is 9.20. The van der Waals surface area contributed by atoms with Gasteiger partial charge < -0.3 is 24.6 Å². The molecule has 1 aromatic rings. The molecule has 3 heterocycles. The molecule has 3 aliphatic rings. The van der Waals surface area contributed by atoms with Crippen molar-refractivity contribution in [3.63, 3.8) is 0 Å². The minimum absolute atomic E-state index is 0.114. The fourth-order valence-electron chi connectivity index (χ4n) is 4.75. The van der Waals surface area contributed by atoms with Gasteiger partial charge in [-0.15, -0.1) is 0 Å². The van der Waals surface area contributed by atoms with E-state index in [4.69, 9.17) is 9.47 Å². The van der Waals surface area contributed by atoms with Crippen LogP contribution in [0.25, 0.3) is 0 Å². The van der Waals surface area contributed by atoms with E-state index in [9.17, 15) is 4.79 Å². The number of nitrogens with one attached hydrogen (secondary N) is 1. The van der Waals surface area contributed by atoms with Crippen LogP contribution in [0.2, 0.25) is 0 Å². The molecular weight excluding hydrogens is 356 g/mol. The maximum Gasteiger partial charge on any atom is 0.225 e. The van der Waals surface area contributed by atoms with Crippen LogP contribution in [-0.4, -0.2) is 80.5 Å². The molecule has 7 heteroatoms. The largest absolute Gasteiger partial charge is 0.379 e. The predicted molar refractivity (Wildman–Crippen MR) is 107 cm³/mol. The second-order valence-electron chi connectivity index (χ2n) is 8.12. The summed E-state index contributed by atoms with van der Waals surface area (Å²) >= 11 is 0. The molecule has 1 amide bonds. The van der Waals surface area contributed by atoms with Crippen molar-refractivity contribution >= 4 is 11.7 Å². The molecule has 0 aromatic carbocycles. The Bertz CT molecular complexity index is 636. The Labute approximate surface area is 167 Å². The molecule has 1 saturated carbocycles. The number of ether oxygens (including phenoxy) is 2. The smallest absolute Gasteiger partial charge is 0.225 e. The second-order valence-corrected chi connectivity index (χ2v) is 8.12. The van der Waals surface area contributed by atoms with Crippen LogP contribution in [-0.2, 0) is 14.3 Å². The first-order valence-electron chi connectivity index (χ1n) is 10.6. The zero-order valence-electron chi connectivity index (χ0n) is 16.8. The number of hydrogen-bond acceptors (Lipinski definition) is 6. The number of carbonyl (C=O) groups is 1. The summed E-state index contributed by atoms with van der Waals surface area (Å²) in [6, 6.07) is 6.72. The van der Waals surface area contributed by atoms with E-state index < -0.39 is 0 Å². The first-order valence-corrected chi connectivity index (χ1v) is 10.6. The highest BCUT2D eigenvalue weighted by atomic mass is 16.5. The normalized spacial score (nSPS) is 31.2. The summed E-state index contributed by atoms with van der Waals surface area (Å²) in [5, 5.41) is 3.74. The standard InChI is InChI=1S/C21H32N4O3/c1-27-19-15-28-13-7-18(19)23-17-6-5-16(14-17)21(26)25-11-9-24(10-12-25)20-4-2-3-8-22-20/h2-4,8,16-19,23H,5-7,9-15H2,1H3. The lowest BCUT2D eigenvalue weighted by molar-refractivity contribution is -0.135. The van der Waals surface area contributed by atoms with Crippen LogP contribution in [0.15, 0.2) is 24.4 Å². The van der Waals surface area contributed by atoms with Crippen molar-refractivity contribution in [3.05, 3.63) is 24.4 Å². The molecule has 0 radical (unpaired) electrons. The van der Waals surface area contributed by atoms with Crippen LogP contribution >= 0.6 is 0 Å². The summed E-state index contributed by atoms with van der Waals surface area (Å²) in [7, 11) is 1.75. The Balaban J connectivity index is 1.25. The van der Waals surface area contributed by atoms with Gasteiger partial charge in [-0.3, -0.25) is 4.79 Å². The lowest BCUT2D eigenvalue weighted by Crippen LogP contribution is -2.51. The average Bonchev–Trinajstić information content (AvgIpc) is 3.23. The van der Waals surface area contributed by atoms with Crippen molar-refractivity contribution in [1.82, 2.24) is 15.2 Å². The van der Waals surface area contributed by atoms with Gasteiger partial charge in [0.15, 0.2) is 0 Å². The van der Waals surface area contributed by atoms with Gasteiger partial charge in [-0.25, -0.2) is 4.98 Å². The van der Waals surface area contributed by atoms with Crippen LogP contribution in [0.5, 0.6) is 0 Å². The van der Waals surface area contributed by atoms with E-state index in [2.05, 4.69) is 20.1 Å². The molecule has 0 spiro atoms. The molecule has 3 fully saturated rings. The third-order valence-corrected chi connectivity index (χ3v) is 6.40. The van der Waals surface area contributed by atoms with Crippen molar-refractivity contribution < 1.29 is 14.3 Å². The minimum atomic E-state index is 0.114. The number of aromatic nitrogens is 1. The summed E-state index contributed by atoms with van der Waals surface area (Å²) < 4.78 is 11.1. The summed E-state index contributed by atoms with van der Waals surface area (Å²) in [6.45, 7) is 4.73. The van der Waals surface area contributed by atoms with E-state index >= 15 is 0 Å². The summed E-state index contributed by atoms with van der Waals surface area (Å²) in [5.41, 5.74) is 0. The third kappa shape index (κ3) is 4.47. The quantitative estimate of drug-likeness (QED) is 0.820. The van der Waals surface area contributed by atoms with Crippen LogP contribution in [0.3, 0.4) is 0 Å². The van der Waals surface area contributed by atoms with Crippen LogP contribution in [0.4, 0.5) is 5.82 Å². The van der Waals surface area contributed by atoms with Crippen molar-refractivity contribution in [2.45, 2.75) is 43.9 Å². The van der Waals surface area contributed by atoms with Gasteiger partial charge >= 0.3 is 0 Å². The van der Waals surface area contributed by atoms with Gasteiger partial charge in [0.25, 0.3) is 0 Å². The van der Waals surface area contributed by atoms with E-state index in [0.717, 1.165) is 64.3 Å². The molecule has 4 rings (SSSR count). The summed E-state index contributed by atoms with van der Waals surface area (Å²) in [4.78, 5) is 21.8. The molecule has 2 saturated heterocycles. The summed E-state index contributed by atoms with van der Waals surface area (Å²) in [6.07, 6.45) is 5.90. The van der Waals surface area contributed by atoms with Crippen LogP contribution in [0, 0.1) is 5.92 Å². The summed E-state index contributed by atoms with van der Waals surface area (Å²) in [5.74, 6) is 1.49. The predicted octanol–water partition coefficient (Wildman–Crippen LogP) is 1.29. The van der Waals surface area contributed by atoms with E-state index in [1.807, 2.05) is 24.4 Å². The first-order chi connectivity index (χ1) is 13.7. The monoisotopic (exact) mass is 388 g/mol. The molecule has 0 bridgehead atoms. The number of nitrogens with zero attached hydrogens (tertiary/aromatic N) is 3. The number of rotatable bonds is 5.